The second-order valence-corrected chi connectivity index (χ2v) is 4.14. The number of carboxylic acid groups (broad SMARTS) is 1. The zero-order valence-electron chi connectivity index (χ0n) is 7.99. The number of piperidine rings is 1. The highest BCUT2D eigenvalue weighted by Crippen LogP contribution is 2.29. The van der Waals surface area contributed by atoms with Crippen molar-refractivity contribution < 1.29 is 15.0 Å². The summed E-state index contributed by atoms with van der Waals surface area (Å²) >= 11 is 0. The van der Waals surface area contributed by atoms with Gasteiger partial charge >= 0.3 is 5.97 Å². The Morgan fingerprint density at radius 3 is 2.38 bits per heavy atom. The van der Waals surface area contributed by atoms with Gasteiger partial charge in [0.25, 0.3) is 0 Å². The molecule has 0 unspecified atom stereocenters. The van der Waals surface area contributed by atoms with Gasteiger partial charge in [-0.25, -0.2) is 0 Å². The van der Waals surface area contributed by atoms with Crippen LogP contribution < -0.4 is 0 Å². The van der Waals surface area contributed by atoms with E-state index in [1.165, 1.54) is 0 Å². The molecule has 1 aliphatic rings. The molecule has 0 radical (unpaired) electrons. The Morgan fingerprint density at radius 1 is 1.46 bits per heavy atom. The topological polar surface area (TPSA) is 60.8 Å². The highest BCUT2D eigenvalue weighted by atomic mass is 16.4. The molecule has 76 valence electrons. The molecule has 0 atom stereocenters. The van der Waals surface area contributed by atoms with Crippen molar-refractivity contribution >= 4 is 5.97 Å². The lowest BCUT2D eigenvalue weighted by atomic mass is 9.81. The van der Waals surface area contributed by atoms with Gasteiger partial charge in [0.05, 0.1) is 6.54 Å². The van der Waals surface area contributed by atoms with E-state index in [-0.39, 0.29) is 18.6 Å². The molecule has 0 aromatic rings. The maximum absolute atomic E-state index is 10.4. The lowest BCUT2D eigenvalue weighted by molar-refractivity contribution is -0.139. The van der Waals surface area contributed by atoms with Crippen LogP contribution in [-0.2, 0) is 4.79 Å². The van der Waals surface area contributed by atoms with E-state index in [1.807, 2.05) is 11.8 Å². The van der Waals surface area contributed by atoms with Crippen LogP contribution in [0.25, 0.3) is 0 Å². The minimum Gasteiger partial charge on any atom is -0.480 e. The fraction of sp³-hybridized carbons (Fsp3) is 0.889. The SMILES string of the molecule is CC1(CO)CCN(CC(=O)O)CC1. The van der Waals surface area contributed by atoms with E-state index in [2.05, 4.69) is 0 Å². The van der Waals surface area contributed by atoms with Crippen LogP contribution >= 0.6 is 0 Å². The molecule has 0 saturated carbocycles. The molecule has 0 spiro atoms. The Balaban J connectivity index is 2.34. The number of likely N-dealkylation sites (tertiary alicyclic amines) is 1. The fourth-order valence-corrected chi connectivity index (χ4v) is 1.60. The zero-order chi connectivity index (χ0) is 9.90. The van der Waals surface area contributed by atoms with Gasteiger partial charge in [-0.2, -0.15) is 0 Å². The highest BCUT2D eigenvalue weighted by Gasteiger charge is 2.29. The Hall–Kier alpha value is -0.610. The van der Waals surface area contributed by atoms with E-state index < -0.39 is 5.97 Å². The van der Waals surface area contributed by atoms with Crippen LogP contribution in [0, 0.1) is 5.41 Å². The van der Waals surface area contributed by atoms with Crippen LogP contribution in [0.1, 0.15) is 19.8 Å². The molecule has 1 fully saturated rings. The average Bonchev–Trinajstić information content (AvgIpc) is 2.09. The van der Waals surface area contributed by atoms with Crippen molar-refractivity contribution in [1.29, 1.82) is 0 Å². The van der Waals surface area contributed by atoms with Crippen molar-refractivity contribution in [2.24, 2.45) is 5.41 Å². The maximum Gasteiger partial charge on any atom is 0.317 e. The van der Waals surface area contributed by atoms with Gasteiger partial charge in [-0.05, 0) is 31.3 Å². The van der Waals surface area contributed by atoms with Crippen LogP contribution in [0.3, 0.4) is 0 Å². The summed E-state index contributed by atoms with van der Waals surface area (Å²) in [5.74, 6) is -0.771. The van der Waals surface area contributed by atoms with Gasteiger partial charge in [0.1, 0.15) is 0 Å². The van der Waals surface area contributed by atoms with E-state index >= 15 is 0 Å². The summed E-state index contributed by atoms with van der Waals surface area (Å²) in [7, 11) is 0. The first-order chi connectivity index (χ1) is 6.06. The number of hydrogen-bond acceptors (Lipinski definition) is 3. The third kappa shape index (κ3) is 2.97. The molecule has 1 rings (SSSR count). The first-order valence-corrected chi connectivity index (χ1v) is 4.61. The summed E-state index contributed by atoms with van der Waals surface area (Å²) in [6.07, 6.45) is 1.77. The molecule has 13 heavy (non-hydrogen) atoms. The van der Waals surface area contributed by atoms with E-state index in [0.29, 0.717) is 0 Å². The normalized spacial score (nSPS) is 22.9. The summed E-state index contributed by atoms with van der Waals surface area (Å²) in [4.78, 5) is 12.3. The monoisotopic (exact) mass is 187 g/mol. The predicted molar refractivity (Wildman–Crippen MR) is 48.5 cm³/mol. The standard InChI is InChI=1S/C9H17NO3/c1-9(7-11)2-4-10(5-3-9)6-8(12)13/h11H,2-7H2,1H3,(H,12,13). The Morgan fingerprint density at radius 2 is 2.00 bits per heavy atom. The number of rotatable bonds is 3. The van der Waals surface area contributed by atoms with Crippen molar-refractivity contribution in [3.8, 4) is 0 Å². The van der Waals surface area contributed by atoms with Crippen LogP contribution in [0.5, 0.6) is 0 Å². The number of carboxylic acids is 1. The quantitative estimate of drug-likeness (QED) is 0.661. The first kappa shape index (κ1) is 10.5. The third-order valence-electron chi connectivity index (χ3n) is 2.80. The largest absolute Gasteiger partial charge is 0.480 e. The minimum atomic E-state index is -0.771. The van der Waals surface area contributed by atoms with E-state index in [4.69, 9.17) is 10.2 Å². The van der Waals surface area contributed by atoms with Crippen LogP contribution in [0.15, 0.2) is 0 Å². The van der Waals surface area contributed by atoms with Crippen LogP contribution in [0.2, 0.25) is 0 Å². The van der Waals surface area contributed by atoms with Gasteiger partial charge in [0, 0.05) is 6.61 Å². The van der Waals surface area contributed by atoms with Crippen molar-refractivity contribution in [2.45, 2.75) is 19.8 Å². The first-order valence-electron chi connectivity index (χ1n) is 4.61. The third-order valence-corrected chi connectivity index (χ3v) is 2.80. The smallest absolute Gasteiger partial charge is 0.317 e. The lowest BCUT2D eigenvalue weighted by Gasteiger charge is -2.37. The van der Waals surface area contributed by atoms with Crippen molar-refractivity contribution in [3.05, 3.63) is 0 Å². The molecular formula is C9H17NO3. The van der Waals surface area contributed by atoms with E-state index in [9.17, 15) is 4.79 Å². The number of hydrogen-bond donors (Lipinski definition) is 2. The van der Waals surface area contributed by atoms with E-state index in [1.54, 1.807) is 0 Å². The van der Waals surface area contributed by atoms with Crippen molar-refractivity contribution in [2.75, 3.05) is 26.2 Å². The van der Waals surface area contributed by atoms with Crippen molar-refractivity contribution in [1.82, 2.24) is 4.90 Å². The molecule has 0 bridgehead atoms. The molecule has 0 aromatic heterocycles. The molecule has 0 aromatic carbocycles. The lowest BCUT2D eigenvalue weighted by Crippen LogP contribution is -2.42. The number of carbonyl (C=O) groups is 1. The van der Waals surface area contributed by atoms with Gasteiger partial charge < -0.3 is 10.2 Å². The zero-order valence-corrected chi connectivity index (χ0v) is 7.99. The van der Waals surface area contributed by atoms with Gasteiger partial charge in [-0.15, -0.1) is 0 Å². The second kappa shape index (κ2) is 4.07. The number of aliphatic hydroxyl groups is 1. The molecule has 2 N–H and O–H groups in total. The Bertz CT molecular complexity index is 185. The summed E-state index contributed by atoms with van der Waals surface area (Å²) in [6.45, 7) is 3.94. The summed E-state index contributed by atoms with van der Waals surface area (Å²) in [5.41, 5.74) is 0.00893. The molecule has 1 heterocycles. The minimum absolute atomic E-state index is 0.00893. The summed E-state index contributed by atoms with van der Waals surface area (Å²) < 4.78 is 0. The van der Waals surface area contributed by atoms with Crippen molar-refractivity contribution in [3.63, 3.8) is 0 Å². The maximum atomic E-state index is 10.4. The molecular weight excluding hydrogens is 170 g/mol. The molecule has 4 nitrogen and oxygen atoms in total. The van der Waals surface area contributed by atoms with Gasteiger partial charge in [-0.1, -0.05) is 6.92 Å². The van der Waals surface area contributed by atoms with Gasteiger partial charge in [-0.3, -0.25) is 9.69 Å². The molecule has 1 saturated heterocycles. The Labute approximate surface area is 78.2 Å². The van der Waals surface area contributed by atoms with E-state index in [0.717, 1.165) is 25.9 Å². The Kier molecular flexibility index (Phi) is 3.27. The van der Waals surface area contributed by atoms with Crippen LogP contribution in [0.4, 0.5) is 0 Å². The number of aliphatic hydroxyl groups excluding tert-OH is 1. The molecule has 1 aliphatic heterocycles. The highest BCUT2D eigenvalue weighted by molar-refractivity contribution is 5.69. The molecule has 0 aliphatic carbocycles. The van der Waals surface area contributed by atoms with Gasteiger partial charge in [0.15, 0.2) is 0 Å². The number of nitrogens with zero attached hydrogens (tertiary/aromatic N) is 1. The fourth-order valence-electron chi connectivity index (χ4n) is 1.60. The molecule has 4 heteroatoms. The number of aliphatic carboxylic acids is 1. The predicted octanol–water partition coefficient (Wildman–Crippen LogP) is 0.165. The second-order valence-electron chi connectivity index (χ2n) is 4.14. The summed E-state index contributed by atoms with van der Waals surface area (Å²) in [6, 6.07) is 0. The molecule has 0 amide bonds. The average molecular weight is 187 g/mol. The summed E-state index contributed by atoms with van der Waals surface area (Å²) in [5, 5.41) is 17.6. The van der Waals surface area contributed by atoms with Gasteiger partial charge in [0.2, 0.25) is 0 Å². The van der Waals surface area contributed by atoms with Crippen LogP contribution in [-0.4, -0.2) is 47.3 Å².